The highest BCUT2D eigenvalue weighted by Crippen LogP contribution is 2.20. The van der Waals surface area contributed by atoms with Crippen LogP contribution in [0.4, 0.5) is 5.69 Å². The largest absolute Gasteiger partial charge is 0.452 e. The van der Waals surface area contributed by atoms with Gasteiger partial charge in [-0.05, 0) is 35.7 Å². The molecular formula is C24H23NO3. The average molecular weight is 373 g/mol. The van der Waals surface area contributed by atoms with Gasteiger partial charge >= 0.3 is 5.97 Å². The van der Waals surface area contributed by atoms with Gasteiger partial charge in [0.25, 0.3) is 5.91 Å². The van der Waals surface area contributed by atoms with Crippen molar-refractivity contribution in [3.63, 3.8) is 0 Å². The molecule has 3 aromatic rings. The molecule has 0 bridgehead atoms. The van der Waals surface area contributed by atoms with Gasteiger partial charge in [0.05, 0.1) is 6.42 Å². The highest BCUT2D eigenvalue weighted by atomic mass is 16.5. The molecule has 0 aliphatic rings. The molecule has 0 radical (unpaired) electrons. The number of rotatable bonds is 6. The van der Waals surface area contributed by atoms with E-state index in [4.69, 9.17) is 4.74 Å². The molecule has 1 atom stereocenters. The molecule has 0 saturated carbocycles. The summed E-state index contributed by atoms with van der Waals surface area (Å²) in [5.74, 6) is -0.686. The highest BCUT2D eigenvalue weighted by molar-refractivity contribution is 5.96. The average Bonchev–Trinajstić information content (AvgIpc) is 2.74. The van der Waals surface area contributed by atoms with Gasteiger partial charge in [-0.1, -0.05) is 72.8 Å². The molecule has 28 heavy (non-hydrogen) atoms. The molecule has 0 aliphatic heterocycles. The van der Waals surface area contributed by atoms with Crippen molar-refractivity contribution in [2.45, 2.75) is 19.4 Å². The standard InChI is InChI=1S/C24H23NO3/c1-18(24(27)25(2)22-11-7-4-8-12-22)28-23(26)17-19-13-15-21(16-14-19)20-9-5-3-6-10-20/h3-16,18H,17H2,1-2H3/t18-/m1/s1. The van der Waals surface area contributed by atoms with E-state index in [0.717, 1.165) is 22.4 Å². The van der Waals surface area contributed by atoms with Gasteiger partial charge in [0.1, 0.15) is 0 Å². The predicted molar refractivity (Wildman–Crippen MR) is 111 cm³/mol. The number of hydrogen-bond donors (Lipinski definition) is 0. The Balaban J connectivity index is 1.57. The minimum Gasteiger partial charge on any atom is -0.452 e. The lowest BCUT2D eigenvalue weighted by Gasteiger charge is -2.21. The van der Waals surface area contributed by atoms with E-state index in [9.17, 15) is 9.59 Å². The Morgan fingerprint density at radius 1 is 0.821 bits per heavy atom. The van der Waals surface area contributed by atoms with Gasteiger partial charge in [0.2, 0.25) is 0 Å². The van der Waals surface area contributed by atoms with E-state index < -0.39 is 12.1 Å². The molecule has 3 aromatic carbocycles. The first-order valence-electron chi connectivity index (χ1n) is 9.21. The van der Waals surface area contributed by atoms with Crippen LogP contribution in [-0.2, 0) is 20.7 Å². The molecule has 142 valence electrons. The number of esters is 1. The van der Waals surface area contributed by atoms with E-state index in [-0.39, 0.29) is 12.3 Å². The molecular weight excluding hydrogens is 350 g/mol. The molecule has 0 heterocycles. The van der Waals surface area contributed by atoms with E-state index in [1.807, 2.05) is 84.9 Å². The summed E-state index contributed by atoms with van der Waals surface area (Å²) in [7, 11) is 1.67. The zero-order valence-electron chi connectivity index (χ0n) is 16.0. The molecule has 0 spiro atoms. The smallest absolute Gasteiger partial charge is 0.311 e. The van der Waals surface area contributed by atoms with Crippen LogP contribution in [0.2, 0.25) is 0 Å². The maximum atomic E-state index is 12.5. The fraction of sp³-hybridized carbons (Fsp3) is 0.167. The van der Waals surface area contributed by atoms with Gasteiger partial charge in [0.15, 0.2) is 6.10 Å². The van der Waals surface area contributed by atoms with Crippen LogP contribution in [0.3, 0.4) is 0 Å². The summed E-state index contributed by atoms with van der Waals surface area (Å²) in [6, 6.07) is 27.1. The van der Waals surface area contributed by atoms with Gasteiger partial charge in [-0.15, -0.1) is 0 Å². The van der Waals surface area contributed by atoms with Crippen LogP contribution >= 0.6 is 0 Å². The Hall–Kier alpha value is -3.40. The van der Waals surface area contributed by atoms with E-state index in [2.05, 4.69) is 0 Å². The third-order valence-electron chi connectivity index (χ3n) is 4.54. The molecule has 0 aliphatic carbocycles. The Bertz CT molecular complexity index is 921. The van der Waals surface area contributed by atoms with Crippen molar-refractivity contribution in [3.8, 4) is 11.1 Å². The summed E-state index contributed by atoms with van der Waals surface area (Å²) in [4.78, 5) is 26.2. The topological polar surface area (TPSA) is 46.6 Å². The number of likely N-dealkylation sites (N-methyl/N-ethyl adjacent to an activating group) is 1. The maximum Gasteiger partial charge on any atom is 0.311 e. The first-order valence-corrected chi connectivity index (χ1v) is 9.21. The number of nitrogens with zero attached hydrogens (tertiary/aromatic N) is 1. The maximum absolute atomic E-state index is 12.5. The van der Waals surface area contributed by atoms with Crippen LogP contribution in [-0.4, -0.2) is 25.0 Å². The van der Waals surface area contributed by atoms with Crippen LogP contribution in [0.5, 0.6) is 0 Å². The first-order chi connectivity index (χ1) is 13.5. The van der Waals surface area contributed by atoms with Crippen LogP contribution in [0.1, 0.15) is 12.5 Å². The number of hydrogen-bond acceptors (Lipinski definition) is 3. The lowest BCUT2D eigenvalue weighted by molar-refractivity contribution is -0.153. The van der Waals surface area contributed by atoms with Gasteiger partial charge in [0, 0.05) is 12.7 Å². The monoisotopic (exact) mass is 373 g/mol. The Morgan fingerprint density at radius 2 is 1.36 bits per heavy atom. The predicted octanol–water partition coefficient (Wildman–Crippen LogP) is 4.49. The normalized spacial score (nSPS) is 11.5. The molecule has 0 N–H and O–H groups in total. The Labute approximate surface area is 165 Å². The van der Waals surface area contributed by atoms with Crippen molar-refractivity contribution in [1.82, 2.24) is 0 Å². The second-order valence-corrected chi connectivity index (χ2v) is 6.60. The second kappa shape index (κ2) is 9.00. The number of benzene rings is 3. The Morgan fingerprint density at radius 3 is 1.96 bits per heavy atom. The third kappa shape index (κ3) is 4.86. The number of anilines is 1. The quantitative estimate of drug-likeness (QED) is 0.598. The number of carbonyl (C=O) groups is 2. The lowest BCUT2D eigenvalue weighted by atomic mass is 10.0. The van der Waals surface area contributed by atoms with E-state index in [1.54, 1.807) is 14.0 Å². The molecule has 4 nitrogen and oxygen atoms in total. The third-order valence-corrected chi connectivity index (χ3v) is 4.54. The summed E-state index contributed by atoms with van der Waals surface area (Å²) in [6.07, 6.45) is -0.719. The molecule has 3 rings (SSSR count). The Kier molecular flexibility index (Phi) is 6.22. The minimum atomic E-state index is -0.846. The van der Waals surface area contributed by atoms with Crippen LogP contribution in [0, 0.1) is 0 Å². The fourth-order valence-corrected chi connectivity index (χ4v) is 2.95. The van der Waals surface area contributed by atoms with Crippen LogP contribution in [0.15, 0.2) is 84.9 Å². The van der Waals surface area contributed by atoms with E-state index in [1.165, 1.54) is 4.90 Å². The molecule has 0 fully saturated rings. The zero-order chi connectivity index (χ0) is 19.9. The lowest BCUT2D eigenvalue weighted by Crippen LogP contribution is -2.37. The van der Waals surface area contributed by atoms with Crippen molar-refractivity contribution in [2.24, 2.45) is 0 Å². The van der Waals surface area contributed by atoms with Crippen molar-refractivity contribution in [2.75, 3.05) is 11.9 Å². The first kappa shape index (κ1) is 19.4. The summed E-state index contributed by atoms with van der Waals surface area (Å²) in [5.41, 5.74) is 3.82. The summed E-state index contributed by atoms with van der Waals surface area (Å²) < 4.78 is 5.34. The fourth-order valence-electron chi connectivity index (χ4n) is 2.95. The van der Waals surface area contributed by atoms with Crippen molar-refractivity contribution < 1.29 is 14.3 Å². The highest BCUT2D eigenvalue weighted by Gasteiger charge is 2.22. The van der Waals surface area contributed by atoms with Crippen molar-refractivity contribution in [3.05, 3.63) is 90.5 Å². The molecule has 0 aromatic heterocycles. The molecule has 0 unspecified atom stereocenters. The number of amides is 1. The number of carbonyl (C=O) groups excluding carboxylic acids is 2. The summed E-state index contributed by atoms with van der Waals surface area (Å²) in [6.45, 7) is 1.60. The summed E-state index contributed by atoms with van der Waals surface area (Å²) >= 11 is 0. The van der Waals surface area contributed by atoms with E-state index in [0.29, 0.717) is 0 Å². The zero-order valence-corrected chi connectivity index (χ0v) is 16.0. The van der Waals surface area contributed by atoms with Crippen LogP contribution in [0.25, 0.3) is 11.1 Å². The summed E-state index contributed by atoms with van der Waals surface area (Å²) in [5, 5.41) is 0. The van der Waals surface area contributed by atoms with Gasteiger partial charge in [-0.3, -0.25) is 9.59 Å². The molecule has 4 heteroatoms. The molecule has 0 saturated heterocycles. The number of para-hydroxylation sites is 1. The SMILES string of the molecule is C[C@@H](OC(=O)Cc1ccc(-c2ccccc2)cc1)C(=O)N(C)c1ccccc1. The van der Waals surface area contributed by atoms with Gasteiger partial charge in [-0.2, -0.15) is 0 Å². The number of ether oxygens (including phenoxy) is 1. The van der Waals surface area contributed by atoms with Gasteiger partial charge < -0.3 is 9.64 Å². The van der Waals surface area contributed by atoms with Crippen LogP contribution < -0.4 is 4.90 Å². The van der Waals surface area contributed by atoms with Crippen molar-refractivity contribution >= 4 is 17.6 Å². The minimum absolute atomic E-state index is 0.127. The van der Waals surface area contributed by atoms with Gasteiger partial charge in [-0.25, -0.2) is 0 Å². The second-order valence-electron chi connectivity index (χ2n) is 6.60. The molecule has 1 amide bonds. The van der Waals surface area contributed by atoms with E-state index >= 15 is 0 Å². The van der Waals surface area contributed by atoms with Crippen molar-refractivity contribution in [1.29, 1.82) is 0 Å².